The molecule has 0 aliphatic carbocycles. The van der Waals surface area contributed by atoms with E-state index in [-0.39, 0.29) is 22.8 Å². The maximum atomic E-state index is 14.1. The molecule has 0 N–H and O–H groups in total. The Labute approximate surface area is 204 Å². The van der Waals surface area contributed by atoms with Gasteiger partial charge < -0.3 is 9.47 Å². The molecule has 0 aliphatic rings. The molecule has 0 radical (unpaired) electrons. The molecular formula is C24H31Cl2F2N3O2. The maximum Gasteiger partial charge on any atom is 0.203 e. The zero-order valence-corrected chi connectivity index (χ0v) is 21.0. The van der Waals surface area contributed by atoms with Crippen molar-refractivity contribution in [1.29, 1.82) is 0 Å². The first kappa shape index (κ1) is 27.1. The third kappa shape index (κ3) is 5.35. The minimum atomic E-state index is -1.20. The van der Waals surface area contributed by atoms with Gasteiger partial charge in [-0.3, -0.25) is 0 Å². The Kier molecular flexibility index (Phi) is 8.94. The van der Waals surface area contributed by atoms with E-state index >= 15 is 0 Å². The lowest BCUT2D eigenvalue weighted by molar-refractivity contribution is -0.154. The van der Waals surface area contributed by atoms with Crippen molar-refractivity contribution >= 4 is 23.2 Å². The van der Waals surface area contributed by atoms with Gasteiger partial charge in [0.15, 0.2) is 11.6 Å². The topological polar surface area (TPSA) is 49.2 Å². The number of benzene rings is 1. The minimum Gasteiger partial charge on any atom is -0.492 e. The van der Waals surface area contributed by atoms with E-state index in [1.165, 1.54) is 12.6 Å². The average molecular weight is 502 g/mol. The first-order valence-corrected chi connectivity index (χ1v) is 11.4. The zero-order valence-electron chi connectivity index (χ0n) is 19.5. The lowest BCUT2D eigenvalue weighted by Gasteiger charge is -2.54. The van der Waals surface area contributed by atoms with Crippen LogP contribution in [-0.4, -0.2) is 27.0 Å². The van der Waals surface area contributed by atoms with Gasteiger partial charge in [0.25, 0.3) is 0 Å². The normalized spacial score (nSPS) is 15.4. The van der Waals surface area contributed by atoms with Crippen molar-refractivity contribution in [2.24, 2.45) is 5.41 Å². The number of ether oxygens (including phenoxy) is 2. The molecule has 0 fully saturated rings. The summed E-state index contributed by atoms with van der Waals surface area (Å²) in [5.74, 6) is -2.73. The Morgan fingerprint density at radius 3 is 2.33 bits per heavy atom. The molecule has 1 aromatic heterocycles. The minimum absolute atomic E-state index is 0.0801. The van der Waals surface area contributed by atoms with Crippen molar-refractivity contribution in [1.82, 2.24) is 14.8 Å². The Morgan fingerprint density at radius 1 is 1.09 bits per heavy atom. The molecule has 9 heteroatoms. The highest BCUT2D eigenvalue weighted by Crippen LogP contribution is 2.51. The van der Waals surface area contributed by atoms with Gasteiger partial charge in [-0.05, 0) is 32.3 Å². The Bertz CT molecular complexity index is 952. The van der Waals surface area contributed by atoms with Crippen molar-refractivity contribution in [3.8, 4) is 5.75 Å². The molecule has 2 rings (SSSR count). The molecule has 1 heterocycles. The van der Waals surface area contributed by atoms with Gasteiger partial charge in [-0.1, -0.05) is 56.6 Å². The largest absolute Gasteiger partial charge is 0.492 e. The van der Waals surface area contributed by atoms with Crippen LogP contribution in [0.2, 0.25) is 10.0 Å². The Hall–Kier alpha value is -2.12. The lowest BCUT2D eigenvalue weighted by Crippen LogP contribution is -2.61. The SMILES string of the molecule is C=CCC(OC=C)(C(C)(C)C)C(C)(CCCCOc1c(Cl)cc(Cl)c(F)c1F)n1cncn1. The summed E-state index contributed by atoms with van der Waals surface area (Å²) in [4.78, 5) is 4.14. The van der Waals surface area contributed by atoms with Crippen LogP contribution < -0.4 is 4.74 Å². The molecule has 0 spiro atoms. The van der Waals surface area contributed by atoms with Gasteiger partial charge in [0.05, 0.1) is 22.9 Å². The van der Waals surface area contributed by atoms with E-state index in [1.807, 2.05) is 6.08 Å². The quantitative estimate of drug-likeness (QED) is 0.100. The Balaban J connectivity index is 2.24. The maximum absolute atomic E-state index is 14.1. The molecule has 5 nitrogen and oxygen atoms in total. The number of hydrogen-bond acceptors (Lipinski definition) is 4. The third-order valence-electron chi connectivity index (χ3n) is 6.10. The molecule has 0 amide bonds. The van der Waals surface area contributed by atoms with Gasteiger partial charge in [-0.2, -0.15) is 9.49 Å². The van der Waals surface area contributed by atoms with E-state index in [4.69, 9.17) is 32.7 Å². The molecule has 0 saturated heterocycles. The van der Waals surface area contributed by atoms with E-state index in [0.717, 1.165) is 6.07 Å². The van der Waals surface area contributed by atoms with E-state index in [2.05, 4.69) is 50.9 Å². The van der Waals surface area contributed by atoms with Crippen molar-refractivity contribution in [3.63, 3.8) is 0 Å². The van der Waals surface area contributed by atoms with Crippen molar-refractivity contribution in [3.05, 3.63) is 65.9 Å². The fourth-order valence-electron chi connectivity index (χ4n) is 4.42. The first-order chi connectivity index (χ1) is 15.4. The summed E-state index contributed by atoms with van der Waals surface area (Å²) in [6.07, 6.45) is 8.81. The average Bonchev–Trinajstić information content (AvgIpc) is 3.28. The number of nitrogens with zero attached hydrogens (tertiary/aromatic N) is 3. The molecule has 33 heavy (non-hydrogen) atoms. The first-order valence-electron chi connectivity index (χ1n) is 10.7. The van der Waals surface area contributed by atoms with Gasteiger partial charge in [0.2, 0.25) is 5.82 Å². The second-order valence-electron chi connectivity index (χ2n) is 9.07. The van der Waals surface area contributed by atoms with Crippen LogP contribution in [0.4, 0.5) is 8.78 Å². The highest BCUT2D eigenvalue weighted by atomic mass is 35.5. The number of aromatic nitrogens is 3. The van der Waals surface area contributed by atoms with Crippen LogP contribution in [0.25, 0.3) is 0 Å². The van der Waals surface area contributed by atoms with Gasteiger partial charge in [0.1, 0.15) is 23.8 Å². The summed E-state index contributed by atoms with van der Waals surface area (Å²) in [6, 6.07) is 1.12. The molecule has 2 atom stereocenters. The smallest absolute Gasteiger partial charge is 0.203 e. The summed E-state index contributed by atoms with van der Waals surface area (Å²) >= 11 is 11.6. The molecular weight excluding hydrogens is 471 g/mol. The monoisotopic (exact) mass is 501 g/mol. The predicted molar refractivity (Wildman–Crippen MR) is 128 cm³/mol. The van der Waals surface area contributed by atoms with Crippen molar-refractivity contribution in [2.75, 3.05) is 6.61 Å². The van der Waals surface area contributed by atoms with Crippen LogP contribution >= 0.6 is 23.2 Å². The summed E-state index contributed by atoms with van der Waals surface area (Å²) in [5.41, 5.74) is -1.71. The van der Waals surface area contributed by atoms with Gasteiger partial charge in [-0.15, -0.1) is 6.58 Å². The van der Waals surface area contributed by atoms with E-state index in [1.54, 1.807) is 11.0 Å². The van der Waals surface area contributed by atoms with Crippen LogP contribution in [0.5, 0.6) is 5.75 Å². The molecule has 182 valence electrons. The van der Waals surface area contributed by atoms with E-state index in [9.17, 15) is 8.78 Å². The van der Waals surface area contributed by atoms with E-state index < -0.39 is 27.8 Å². The molecule has 1 aromatic carbocycles. The lowest BCUT2D eigenvalue weighted by atomic mass is 9.62. The van der Waals surface area contributed by atoms with Gasteiger partial charge in [0, 0.05) is 11.8 Å². The predicted octanol–water partition coefficient (Wildman–Crippen LogP) is 7.35. The molecule has 2 aromatic rings. The van der Waals surface area contributed by atoms with Crippen LogP contribution in [0, 0.1) is 17.0 Å². The summed E-state index contributed by atoms with van der Waals surface area (Å²) < 4.78 is 41.4. The second-order valence-corrected chi connectivity index (χ2v) is 9.89. The van der Waals surface area contributed by atoms with Crippen molar-refractivity contribution in [2.45, 2.75) is 64.5 Å². The zero-order chi connectivity index (χ0) is 24.9. The fraction of sp³-hybridized carbons (Fsp3) is 0.500. The van der Waals surface area contributed by atoms with Gasteiger partial charge >= 0.3 is 0 Å². The highest BCUT2D eigenvalue weighted by molar-refractivity contribution is 6.35. The number of rotatable bonds is 12. The van der Waals surface area contributed by atoms with Crippen LogP contribution in [0.1, 0.15) is 53.4 Å². The van der Waals surface area contributed by atoms with Crippen LogP contribution in [0.3, 0.4) is 0 Å². The third-order valence-corrected chi connectivity index (χ3v) is 6.65. The van der Waals surface area contributed by atoms with Crippen molar-refractivity contribution < 1.29 is 18.3 Å². The Morgan fingerprint density at radius 2 is 1.79 bits per heavy atom. The molecule has 0 bridgehead atoms. The fourth-order valence-corrected chi connectivity index (χ4v) is 4.92. The molecule has 0 aliphatic heterocycles. The summed E-state index contributed by atoms with van der Waals surface area (Å²) in [6.45, 7) is 16.2. The second kappa shape index (κ2) is 10.9. The van der Waals surface area contributed by atoms with Crippen LogP contribution in [-0.2, 0) is 10.3 Å². The number of hydrogen-bond donors (Lipinski definition) is 0. The molecule has 2 unspecified atom stereocenters. The summed E-state index contributed by atoms with van der Waals surface area (Å²) in [5, 5.41) is 3.95. The number of halogens is 4. The standard InChI is InChI=1S/C24H31Cl2F2N3O2/c1-7-11-24(33-8-2,22(3,4)5)23(6,31-16-29-15-30-31)12-9-10-13-32-21-18(26)14-17(25)19(27)20(21)28/h7-8,14-16H,1-2,9-13H2,3-6H3. The van der Waals surface area contributed by atoms with E-state index in [0.29, 0.717) is 25.7 Å². The highest BCUT2D eigenvalue weighted by Gasteiger charge is 2.57. The van der Waals surface area contributed by atoms with Gasteiger partial charge in [-0.25, -0.2) is 14.1 Å². The number of unbranched alkanes of at least 4 members (excludes halogenated alkanes) is 1. The molecule has 0 saturated carbocycles. The summed E-state index contributed by atoms with van der Waals surface area (Å²) in [7, 11) is 0. The van der Waals surface area contributed by atoms with Crippen LogP contribution in [0.15, 0.2) is 44.2 Å².